The van der Waals surface area contributed by atoms with Crippen LogP contribution < -0.4 is 9.47 Å². The topological polar surface area (TPSA) is 77.7 Å². The molecule has 0 radical (unpaired) electrons. The van der Waals surface area contributed by atoms with Gasteiger partial charge in [0.05, 0.1) is 6.54 Å². The van der Waals surface area contributed by atoms with E-state index in [4.69, 9.17) is 25.6 Å². The number of ether oxygens (including phenoxy) is 2. The lowest BCUT2D eigenvalue weighted by molar-refractivity contribution is -0.130. The van der Waals surface area contributed by atoms with Gasteiger partial charge in [0.2, 0.25) is 17.6 Å². The molecule has 1 aromatic heterocycles. The van der Waals surface area contributed by atoms with Crippen molar-refractivity contribution in [2.75, 3.05) is 20.3 Å². The van der Waals surface area contributed by atoms with Crippen LogP contribution in [0.1, 0.15) is 17.9 Å². The molecule has 0 saturated carbocycles. The molecule has 0 bridgehead atoms. The summed E-state index contributed by atoms with van der Waals surface area (Å²) in [5.41, 5.74) is 1.83. The van der Waals surface area contributed by atoms with Crippen LogP contribution >= 0.6 is 11.6 Å². The average molecular weight is 414 g/mol. The molecule has 150 valence electrons. The van der Waals surface area contributed by atoms with Crippen LogP contribution in [0.2, 0.25) is 5.02 Å². The van der Waals surface area contributed by atoms with Gasteiger partial charge in [-0.15, -0.1) is 0 Å². The van der Waals surface area contributed by atoms with Gasteiger partial charge >= 0.3 is 0 Å². The highest BCUT2D eigenvalue weighted by Gasteiger charge is 2.16. The van der Waals surface area contributed by atoms with Gasteiger partial charge in [0, 0.05) is 24.1 Å². The van der Waals surface area contributed by atoms with Crippen LogP contribution in [0.4, 0.5) is 0 Å². The maximum atomic E-state index is 12.5. The monoisotopic (exact) mass is 413 g/mol. The number of benzene rings is 2. The summed E-state index contributed by atoms with van der Waals surface area (Å²) in [7, 11) is 1.72. The molecular weight excluding hydrogens is 394 g/mol. The van der Waals surface area contributed by atoms with Crippen LogP contribution in [-0.4, -0.2) is 41.2 Å². The van der Waals surface area contributed by atoms with E-state index in [1.807, 2.05) is 30.3 Å². The van der Waals surface area contributed by atoms with Crippen LogP contribution in [-0.2, 0) is 17.8 Å². The zero-order valence-corrected chi connectivity index (χ0v) is 16.7. The van der Waals surface area contributed by atoms with E-state index in [2.05, 4.69) is 10.1 Å². The first kappa shape index (κ1) is 19.3. The predicted molar refractivity (Wildman–Crippen MR) is 107 cm³/mol. The molecule has 2 heterocycles. The minimum absolute atomic E-state index is 0.00821. The average Bonchev–Trinajstić information content (AvgIpc) is 3.20. The summed E-state index contributed by atoms with van der Waals surface area (Å²) in [5.74, 6) is 2.32. The zero-order valence-electron chi connectivity index (χ0n) is 15.9. The fourth-order valence-corrected chi connectivity index (χ4v) is 3.14. The Labute approximate surface area is 173 Å². The maximum absolute atomic E-state index is 12.5. The molecule has 1 aliphatic rings. The number of nitrogens with zero attached hydrogens (tertiary/aromatic N) is 3. The second-order valence-corrected chi connectivity index (χ2v) is 7.18. The Morgan fingerprint density at radius 2 is 1.86 bits per heavy atom. The molecule has 29 heavy (non-hydrogen) atoms. The molecule has 1 amide bonds. The van der Waals surface area contributed by atoms with Gasteiger partial charge < -0.3 is 18.9 Å². The van der Waals surface area contributed by atoms with Crippen LogP contribution in [0.15, 0.2) is 47.0 Å². The van der Waals surface area contributed by atoms with E-state index in [1.165, 1.54) is 0 Å². The summed E-state index contributed by atoms with van der Waals surface area (Å²) in [6.07, 6.45) is 0.980. The molecule has 3 aromatic rings. The van der Waals surface area contributed by atoms with Crippen molar-refractivity contribution >= 4 is 17.5 Å². The Hall–Kier alpha value is -3.06. The quantitative estimate of drug-likeness (QED) is 0.612. The maximum Gasteiger partial charge on any atom is 0.246 e. The van der Waals surface area contributed by atoms with E-state index in [-0.39, 0.29) is 12.5 Å². The van der Waals surface area contributed by atoms with Crippen molar-refractivity contribution in [3.05, 3.63) is 58.9 Å². The number of aryl methyl sites for hydroxylation is 1. The van der Waals surface area contributed by atoms with Gasteiger partial charge in [0.1, 0.15) is 13.2 Å². The molecule has 2 aromatic carbocycles. The number of carbonyl (C=O) groups excluding carboxylic acids is 1. The minimum atomic E-state index is -0.00821. The van der Waals surface area contributed by atoms with E-state index in [0.29, 0.717) is 42.8 Å². The second-order valence-electron chi connectivity index (χ2n) is 6.75. The van der Waals surface area contributed by atoms with Gasteiger partial charge in [-0.05, 0) is 48.4 Å². The lowest BCUT2D eigenvalue weighted by Crippen LogP contribution is -2.26. The van der Waals surface area contributed by atoms with E-state index >= 15 is 0 Å². The second kappa shape index (κ2) is 8.53. The highest BCUT2D eigenvalue weighted by Crippen LogP contribution is 2.31. The number of rotatable bonds is 6. The van der Waals surface area contributed by atoms with Crippen molar-refractivity contribution < 1.29 is 18.8 Å². The van der Waals surface area contributed by atoms with Gasteiger partial charge in [0.15, 0.2) is 11.5 Å². The van der Waals surface area contributed by atoms with Crippen LogP contribution in [0, 0.1) is 0 Å². The van der Waals surface area contributed by atoms with E-state index in [9.17, 15) is 4.79 Å². The van der Waals surface area contributed by atoms with Gasteiger partial charge in [-0.3, -0.25) is 4.79 Å². The molecule has 0 fully saturated rings. The Balaban J connectivity index is 1.32. The van der Waals surface area contributed by atoms with Gasteiger partial charge in [-0.25, -0.2) is 0 Å². The third kappa shape index (κ3) is 4.68. The van der Waals surface area contributed by atoms with Crippen LogP contribution in [0.25, 0.3) is 11.4 Å². The normalized spacial score (nSPS) is 12.6. The summed E-state index contributed by atoms with van der Waals surface area (Å²) in [5, 5.41) is 4.61. The Morgan fingerprint density at radius 1 is 1.10 bits per heavy atom. The molecular formula is C21H20ClN3O4. The van der Waals surface area contributed by atoms with Crippen LogP contribution in [0.5, 0.6) is 11.5 Å². The first-order valence-electron chi connectivity index (χ1n) is 9.29. The Kier molecular flexibility index (Phi) is 5.67. The molecule has 0 N–H and O–H groups in total. The number of amides is 1. The van der Waals surface area contributed by atoms with Crippen molar-refractivity contribution in [3.8, 4) is 22.9 Å². The number of fused-ring (bicyclic) bond motifs is 1. The Bertz CT molecular complexity index is 1000. The van der Waals surface area contributed by atoms with Crippen molar-refractivity contribution in [1.29, 1.82) is 0 Å². The third-order valence-corrected chi connectivity index (χ3v) is 4.85. The fourth-order valence-electron chi connectivity index (χ4n) is 3.01. The van der Waals surface area contributed by atoms with Gasteiger partial charge in [-0.2, -0.15) is 4.98 Å². The summed E-state index contributed by atoms with van der Waals surface area (Å²) in [6.45, 7) is 1.35. The zero-order chi connectivity index (χ0) is 20.2. The molecule has 0 aliphatic carbocycles. The number of aromatic nitrogens is 2. The van der Waals surface area contributed by atoms with E-state index in [0.717, 1.165) is 22.6 Å². The molecule has 0 atom stereocenters. The smallest absolute Gasteiger partial charge is 0.246 e. The standard InChI is InChI=1S/C21H20ClN3O4/c1-25(13-19-23-21(24-29-19)15-4-6-16(22)7-5-15)20(26)9-3-14-2-8-17-18(12-14)28-11-10-27-17/h2,4-8,12H,3,9-11,13H2,1H3. The molecule has 0 saturated heterocycles. The minimum Gasteiger partial charge on any atom is -0.486 e. The van der Waals surface area contributed by atoms with Gasteiger partial charge in [0.25, 0.3) is 0 Å². The number of hydrogen-bond donors (Lipinski definition) is 0. The largest absolute Gasteiger partial charge is 0.486 e. The lowest BCUT2D eigenvalue weighted by atomic mass is 10.1. The van der Waals surface area contributed by atoms with Crippen molar-refractivity contribution in [1.82, 2.24) is 15.0 Å². The van der Waals surface area contributed by atoms with Crippen molar-refractivity contribution in [2.24, 2.45) is 0 Å². The first-order chi connectivity index (χ1) is 14.1. The first-order valence-corrected chi connectivity index (χ1v) is 9.67. The molecule has 4 rings (SSSR count). The summed E-state index contributed by atoms with van der Waals surface area (Å²) in [6, 6.07) is 12.9. The predicted octanol–water partition coefficient (Wildman–Crippen LogP) is 3.75. The van der Waals surface area contributed by atoms with E-state index in [1.54, 1.807) is 24.1 Å². The highest BCUT2D eigenvalue weighted by molar-refractivity contribution is 6.30. The van der Waals surface area contributed by atoms with Crippen molar-refractivity contribution in [2.45, 2.75) is 19.4 Å². The molecule has 1 aliphatic heterocycles. The molecule has 8 heteroatoms. The summed E-state index contributed by atoms with van der Waals surface area (Å²) in [4.78, 5) is 18.4. The number of halogens is 1. The lowest BCUT2D eigenvalue weighted by Gasteiger charge is -2.19. The Morgan fingerprint density at radius 3 is 2.66 bits per heavy atom. The number of carbonyl (C=O) groups is 1. The van der Waals surface area contributed by atoms with Crippen LogP contribution in [0.3, 0.4) is 0 Å². The van der Waals surface area contributed by atoms with Crippen molar-refractivity contribution in [3.63, 3.8) is 0 Å². The third-order valence-electron chi connectivity index (χ3n) is 4.60. The van der Waals surface area contributed by atoms with E-state index < -0.39 is 0 Å². The number of hydrogen-bond acceptors (Lipinski definition) is 6. The molecule has 7 nitrogen and oxygen atoms in total. The summed E-state index contributed by atoms with van der Waals surface area (Å²) >= 11 is 5.90. The molecule has 0 spiro atoms. The van der Waals surface area contributed by atoms with Gasteiger partial charge in [-0.1, -0.05) is 22.8 Å². The summed E-state index contributed by atoms with van der Waals surface area (Å²) < 4.78 is 16.4. The molecule has 0 unspecified atom stereocenters. The highest BCUT2D eigenvalue weighted by atomic mass is 35.5. The SMILES string of the molecule is CN(Cc1nc(-c2ccc(Cl)cc2)no1)C(=O)CCc1ccc2c(c1)OCCO2. The fraction of sp³-hybridized carbons (Fsp3) is 0.286.